The molecule has 1 fully saturated rings. The highest BCUT2D eigenvalue weighted by Crippen LogP contribution is 2.20. The van der Waals surface area contributed by atoms with Gasteiger partial charge in [0.1, 0.15) is 0 Å². The Kier molecular flexibility index (Phi) is 6.50. The molecule has 1 aliphatic carbocycles. The molecule has 1 heterocycles. The number of aromatic nitrogens is 2. The molecule has 5 heteroatoms. The van der Waals surface area contributed by atoms with Crippen LogP contribution in [0.3, 0.4) is 0 Å². The molecule has 0 amide bonds. The zero-order valence-corrected chi connectivity index (χ0v) is 12.4. The third kappa shape index (κ3) is 5.61. The SMILES string of the molecule is Cn1cc(CCNCC(O)COC2CCCCC2)cn1. The van der Waals surface area contributed by atoms with E-state index in [1.807, 2.05) is 24.1 Å². The Hall–Kier alpha value is -0.910. The first-order chi connectivity index (χ1) is 9.74. The smallest absolute Gasteiger partial charge is 0.0897 e. The van der Waals surface area contributed by atoms with Crippen LogP contribution in [-0.2, 0) is 18.2 Å². The maximum atomic E-state index is 9.88. The Labute approximate surface area is 121 Å². The first-order valence-corrected chi connectivity index (χ1v) is 7.72. The minimum Gasteiger partial charge on any atom is -0.389 e. The van der Waals surface area contributed by atoms with Gasteiger partial charge in [-0.1, -0.05) is 19.3 Å². The molecule has 0 spiro atoms. The van der Waals surface area contributed by atoms with Crippen LogP contribution in [0.4, 0.5) is 0 Å². The van der Waals surface area contributed by atoms with E-state index >= 15 is 0 Å². The molecule has 0 aromatic carbocycles. The number of aliphatic hydroxyl groups excluding tert-OH is 1. The van der Waals surface area contributed by atoms with Crippen LogP contribution in [-0.4, -0.2) is 46.8 Å². The molecule has 0 radical (unpaired) electrons. The number of nitrogens with zero attached hydrogens (tertiary/aromatic N) is 2. The Morgan fingerprint density at radius 2 is 2.25 bits per heavy atom. The van der Waals surface area contributed by atoms with E-state index in [0.29, 0.717) is 19.3 Å². The topological polar surface area (TPSA) is 59.3 Å². The van der Waals surface area contributed by atoms with Crippen LogP contribution < -0.4 is 5.32 Å². The molecule has 20 heavy (non-hydrogen) atoms. The van der Waals surface area contributed by atoms with Crippen LogP contribution in [0.15, 0.2) is 12.4 Å². The fourth-order valence-corrected chi connectivity index (χ4v) is 2.64. The summed E-state index contributed by atoms with van der Waals surface area (Å²) >= 11 is 0. The average molecular weight is 281 g/mol. The lowest BCUT2D eigenvalue weighted by atomic mass is 9.98. The van der Waals surface area contributed by atoms with E-state index in [1.54, 1.807) is 0 Å². The third-order valence-electron chi connectivity index (χ3n) is 3.81. The number of ether oxygens (including phenoxy) is 1. The van der Waals surface area contributed by atoms with E-state index in [-0.39, 0.29) is 0 Å². The lowest BCUT2D eigenvalue weighted by Gasteiger charge is -2.23. The zero-order chi connectivity index (χ0) is 14.2. The highest BCUT2D eigenvalue weighted by molar-refractivity contribution is 5.03. The molecule has 1 atom stereocenters. The van der Waals surface area contributed by atoms with Gasteiger partial charge in [-0.2, -0.15) is 5.10 Å². The van der Waals surface area contributed by atoms with Gasteiger partial charge in [-0.25, -0.2) is 0 Å². The molecule has 2 rings (SSSR count). The number of aryl methyl sites for hydroxylation is 1. The number of nitrogens with one attached hydrogen (secondary N) is 1. The van der Waals surface area contributed by atoms with Crippen molar-refractivity contribution in [2.75, 3.05) is 19.7 Å². The first-order valence-electron chi connectivity index (χ1n) is 7.72. The van der Waals surface area contributed by atoms with Gasteiger partial charge in [0.15, 0.2) is 0 Å². The van der Waals surface area contributed by atoms with E-state index < -0.39 is 6.10 Å². The number of hydrogen-bond donors (Lipinski definition) is 2. The summed E-state index contributed by atoms with van der Waals surface area (Å²) in [6.07, 6.45) is 11.0. The van der Waals surface area contributed by atoms with E-state index in [9.17, 15) is 5.11 Å². The maximum absolute atomic E-state index is 9.88. The van der Waals surface area contributed by atoms with Crippen molar-refractivity contribution in [3.05, 3.63) is 18.0 Å². The van der Waals surface area contributed by atoms with Gasteiger partial charge in [-0.15, -0.1) is 0 Å². The number of aliphatic hydroxyl groups is 1. The van der Waals surface area contributed by atoms with Gasteiger partial charge < -0.3 is 15.2 Å². The molecule has 1 unspecified atom stereocenters. The van der Waals surface area contributed by atoms with Crippen LogP contribution in [0.5, 0.6) is 0 Å². The molecule has 1 aromatic heterocycles. The molecule has 1 aliphatic rings. The fraction of sp³-hybridized carbons (Fsp3) is 0.800. The summed E-state index contributed by atoms with van der Waals surface area (Å²) in [4.78, 5) is 0. The summed E-state index contributed by atoms with van der Waals surface area (Å²) < 4.78 is 7.57. The van der Waals surface area contributed by atoms with Gasteiger partial charge in [-0.3, -0.25) is 4.68 Å². The van der Waals surface area contributed by atoms with Gasteiger partial charge in [0.05, 0.1) is 25.0 Å². The molecular formula is C15H27N3O2. The second-order valence-corrected chi connectivity index (χ2v) is 5.72. The standard InChI is InChI=1S/C15H27N3O2/c1-18-11-13(9-17-18)7-8-16-10-14(19)12-20-15-5-3-2-4-6-15/h9,11,14-16,19H,2-8,10,12H2,1H3. The summed E-state index contributed by atoms with van der Waals surface area (Å²) in [6.45, 7) is 1.89. The summed E-state index contributed by atoms with van der Waals surface area (Å²) in [6, 6.07) is 0. The lowest BCUT2D eigenvalue weighted by molar-refractivity contribution is -0.0228. The van der Waals surface area contributed by atoms with Gasteiger partial charge in [0, 0.05) is 19.8 Å². The number of hydrogen-bond acceptors (Lipinski definition) is 4. The maximum Gasteiger partial charge on any atom is 0.0897 e. The molecule has 0 aliphatic heterocycles. The molecule has 0 bridgehead atoms. The van der Waals surface area contributed by atoms with Crippen molar-refractivity contribution in [3.8, 4) is 0 Å². The quantitative estimate of drug-likeness (QED) is 0.704. The van der Waals surface area contributed by atoms with Crippen molar-refractivity contribution in [3.63, 3.8) is 0 Å². The second kappa shape index (κ2) is 8.39. The highest BCUT2D eigenvalue weighted by atomic mass is 16.5. The van der Waals surface area contributed by atoms with Crippen LogP contribution in [0.1, 0.15) is 37.7 Å². The minimum absolute atomic E-state index is 0.369. The average Bonchev–Trinajstić information content (AvgIpc) is 2.88. The van der Waals surface area contributed by atoms with E-state index in [4.69, 9.17) is 4.74 Å². The molecule has 2 N–H and O–H groups in total. The Morgan fingerprint density at radius 3 is 2.95 bits per heavy atom. The first kappa shape index (κ1) is 15.5. The molecule has 5 nitrogen and oxygen atoms in total. The van der Waals surface area contributed by atoms with Crippen molar-refractivity contribution in [2.45, 2.75) is 50.7 Å². The van der Waals surface area contributed by atoms with Crippen LogP contribution in [0.2, 0.25) is 0 Å². The van der Waals surface area contributed by atoms with Crippen molar-refractivity contribution in [1.29, 1.82) is 0 Å². The van der Waals surface area contributed by atoms with Gasteiger partial charge in [-0.05, 0) is 31.4 Å². The predicted octanol–water partition coefficient (Wildman–Crippen LogP) is 1.26. The van der Waals surface area contributed by atoms with Crippen molar-refractivity contribution < 1.29 is 9.84 Å². The lowest BCUT2D eigenvalue weighted by Crippen LogP contribution is -2.33. The van der Waals surface area contributed by atoms with Gasteiger partial charge >= 0.3 is 0 Å². The van der Waals surface area contributed by atoms with Crippen LogP contribution in [0.25, 0.3) is 0 Å². The van der Waals surface area contributed by atoms with Crippen molar-refractivity contribution in [1.82, 2.24) is 15.1 Å². The Morgan fingerprint density at radius 1 is 1.45 bits per heavy atom. The molecule has 0 saturated heterocycles. The summed E-state index contributed by atoms with van der Waals surface area (Å²) in [7, 11) is 1.92. The van der Waals surface area contributed by atoms with Gasteiger partial charge in [0.2, 0.25) is 0 Å². The molecule has 1 saturated carbocycles. The van der Waals surface area contributed by atoms with Crippen LogP contribution >= 0.6 is 0 Å². The molecular weight excluding hydrogens is 254 g/mol. The van der Waals surface area contributed by atoms with Crippen molar-refractivity contribution in [2.24, 2.45) is 7.05 Å². The Balaban J connectivity index is 1.50. The zero-order valence-electron chi connectivity index (χ0n) is 12.4. The van der Waals surface area contributed by atoms with Crippen molar-refractivity contribution >= 4 is 0 Å². The number of rotatable bonds is 8. The minimum atomic E-state index is -0.411. The molecule has 114 valence electrons. The van der Waals surface area contributed by atoms with E-state index in [1.165, 1.54) is 24.8 Å². The Bertz CT molecular complexity index is 375. The highest BCUT2D eigenvalue weighted by Gasteiger charge is 2.15. The summed E-state index contributed by atoms with van der Waals surface area (Å²) in [5.74, 6) is 0. The van der Waals surface area contributed by atoms with Gasteiger partial charge in [0.25, 0.3) is 0 Å². The molecule has 1 aromatic rings. The monoisotopic (exact) mass is 281 g/mol. The summed E-state index contributed by atoms with van der Waals surface area (Å²) in [5, 5.41) is 17.3. The van der Waals surface area contributed by atoms with Crippen LogP contribution in [0, 0.1) is 0 Å². The largest absolute Gasteiger partial charge is 0.389 e. The second-order valence-electron chi connectivity index (χ2n) is 5.72. The van der Waals surface area contributed by atoms with E-state index in [2.05, 4.69) is 10.4 Å². The normalized spacial score (nSPS) is 18.3. The summed E-state index contributed by atoms with van der Waals surface area (Å²) in [5.41, 5.74) is 1.22. The van der Waals surface area contributed by atoms with E-state index in [0.717, 1.165) is 25.8 Å². The fourth-order valence-electron chi connectivity index (χ4n) is 2.64. The predicted molar refractivity (Wildman–Crippen MR) is 78.6 cm³/mol. The third-order valence-corrected chi connectivity index (χ3v) is 3.81.